The monoisotopic (exact) mass is 483 g/mol. The van der Waals surface area contributed by atoms with Crippen LogP contribution in [0.25, 0.3) is 5.69 Å². The number of rotatable bonds is 7. The predicted molar refractivity (Wildman–Crippen MR) is 124 cm³/mol. The molecule has 1 aliphatic carbocycles. The van der Waals surface area contributed by atoms with Crippen LogP contribution in [0.4, 0.5) is 5.00 Å². The van der Waals surface area contributed by atoms with Crippen LogP contribution in [0, 0.1) is 5.92 Å². The van der Waals surface area contributed by atoms with E-state index in [2.05, 4.69) is 27.8 Å². The fourth-order valence-electron chi connectivity index (χ4n) is 3.78. The third kappa shape index (κ3) is 4.98. The van der Waals surface area contributed by atoms with Crippen LogP contribution in [-0.4, -0.2) is 50.8 Å². The molecule has 1 amide bonds. The Bertz CT molecular complexity index is 1190. The molecular weight excluding hydrogens is 458 g/mol. The van der Waals surface area contributed by atoms with Crippen molar-refractivity contribution in [3.63, 3.8) is 0 Å². The number of ether oxygens (including phenoxy) is 2. The minimum atomic E-state index is -1.07. The van der Waals surface area contributed by atoms with Crippen molar-refractivity contribution < 1.29 is 23.9 Å². The molecule has 1 aromatic carbocycles. The number of hydrogen-bond acceptors (Lipinski definition) is 9. The van der Waals surface area contributed by atoms with Gasteiger partial charge < -0.3 is 14.8 Å². The van der Waals surface area contributed by atoms with Gasteiger partial charge in [-0.05, 0) is 79.3 Å². The van der Waals surface area contributed by atoms with Gasteiger partial charge in [-0.2, -0.15) is 0 Å². The van der Waals surface area contributed by atoms with Gasteiger partial charge in [-0.3, -0.25) is 4.79 Å². The molecule has 11 heteroatoms. The summed E-state index contributed by atoms with van der Waals surface area (Å²) in [7, 11) is 0. The van der Waals surface area contributed by atoms with Crippen LogP contribution in [0.3, 0.4) is 0 Å². The summed E-state index contributed by atoms with van der Waals surface area (Å²) in [4.78, 5) is 39.1. The summed E-state index contributed by atoms with van der Waals surface area (Å²) in [5, 5.41) is 14.1. The zero-order valence-electron chi connectivity index (χ0n) is 19.1. The minimum absolute atomic E-state index is 0.244. The van der Waals surface area contributed by atoms with Crippen molar-refractivity contribution in [3.05, 3.63) is 52.2 Å². The molecule has 10 nitrogen and oxygen atoms in total. The predicted octanol–water partition coefficient (Wildman–Crippen LogP) is 3.21. The van der Waals surface area contributed by atoms with Gasteiger partial charge in [-0.15, -0.1) is 16.4 Å². The lowest BCUT2D eigenvalue weighted by Crippen LogP contribution is -2.30. The highest BCUT2D eigenvalue weighted by molar-refractivity contribution is 7.17. The first kappa shape index (κ1) is 23.6. The van der Waals surface area contributed by atoms with Gasteiger partial charge in [0.1, 0.15) is 11.3 Å². The van der Waals surface area contributed by atoms with E-state index in [0.29, 0.717) is 22.2 Å². The van der Waals surface area contributed by atoms with E-state index in [9.17, 15) is 14.4 Å². The van der Waals surface area contributed by atoms with Gasteiger partial charge in [-0.1, -0.05) is 6.92 Å². The first-order valence-corrected chi connectivity index (χ1v) is 11.9. The van der Waals surface area contributed by atoms with E-state index in [4.69, 9.17) is 9.47 Å². The highest BCUT2D eigenvalue weighted by atomic mass is 32.1. The van der Waals surface area contributed by atoms with Crippen LogP contribution in [0.15, 0.2) is 30.6 Å². The lowest BCUT2D eigenvalue weighted by molar-refractivity contribution is -0.123. The van der Waals surface area contributed by atoms with Gasteiger partial charge in [0.05, 0.1) is 23.4 Å². The average Bonchev–Trinajstić information content (AvgIpc) is 3.47. The first-order valence-electron chi connectivity index (χ1n) is 11.0. The van der Waals surface area contributed by atoms with E-state index in [-0.39, 0.29) is 12.2 Å². The number of fused-ring (bicyclic) bond motifs is 1. The zero-order chi connectivity index (χ0) is 24.2. The maximum Gasteiger partial charge on any atom is 0.341 e. The second kappa shape index (κ2) is 10.1. The number of nitrogens with one attached hydrogen (secondary N) is 1. The van der Waals surface area contributed by atoms with Crippen LogP contribution in [-0.2, 0) is 27.1 Å². The van der Waals surface area contributed by atoms with Crippen molar-refractivity contribution in [2.24, 2.45) is 5.92 Å². The first-order chi connectivity index (χ1) is 16.4. The Kier molecular flexibility index (Phi) is 7.01. The molecule has 1 N–H and O–H groups in total. The van der Waals surface area contributed by atoms with Gasteiger partial charge in [-0.25, -0.2) is 14.3 Å². The molecule has 4 rings (SSSR count). The Morgan fingerprint density at radius 1 is 1.24 bits per heavy atom. The van der Waals surface area contributed by atoms with Crippen molar-refractivity contribution >= 4 is 34.2 Å². The van der Waals surface area contributed by atoms with Crippen LogP contribution >= 0.6 is 11.3 Å². The largest absolute Gasteiger partial charge is 0.462 e. The molecule has 0 aliphatic heterocycles. The summed E-state index contributed by atoms with van der Waals surface area (Å²) in [6, 6.07) is 6.47. The average molecular weight is 484 g/mol. The number of aromatic nitrogens is 4. The number of carbonyl (C=O) groups excluding carboxylic acids is 3. The van der Waals surface area contributed by atoms with E-state index in [0.717, 1.165) is 29.7 Å². The molecule has 0 radical (unpaired) electrons. The fraction of sp³-hybridized carbons (Fsp3) is 0.391. The van der Waals surface area contributed by atoms with Crippen molar-refractivity contribution in [1.29, 1.82) is 0 Å². The molecule has 0 saturated heterocycles. The van der Waals surface area contributed by atoms with Gasteiger partial charge in [0.15, 0.2) is 6.10 Å². The van der Waals surface area contributed by atoms with E-state index >= 15 is 0 Å². The number of anilines is 1. The molecule has 34 heavy (non-hydrogen) atoms. The summed E-state index contributed by atoms with van der Waals surface area (Å²) in [5.41, 5.74) is 2.32. The molecule has 2 aromatic heterocycles. The topological polar surface area (TPSA) is 125 Å². The highest BCUT2D eigenvalue weighted by Crippen LogP contribution is 2.40. The standard InChI is InChI=1S/C23H25N5O5S/c1-4-32-23(31)19-17-10-5-13(2)11-18(17)34-21(19)25-20(29)14(3)33-22(30)15-6-8-16(9-7-15)28-12-24-26-27-28/h6-9,12-14H,4-5,10-11H2,1-3H3,(H,25,29)/t13-,14-/m0/s1. The molecule has 0 spiro atoms. The molecule has 0 fully saturated rings. The van der Waals surface area contributed by atoms with Crippen molar-refractivity contribution in [2.75, 3.05) is 11.9 Å². The Morgan fingerprint density at radius 3 is 2.68 bits per heavy atom. The van der Waals surface area contributed by atoms with Gasteiger partial charge >= 0.3 is 11.9 Å². The van der Waals surface area contributed by atoms with Gasteiger partial charge in [0.2, 0.25) is 0 Å². The zero-order valence-corrected chi connectivity index (χ0v) is 19.9. The quantitative estimate of drug-likeness (QED) is 0.508. The number of nitrogens with zero attached hydrogens (tertiary/aromatic N) is 4. The van der Waals surface area contributed by atoms with Crippen LogP contribution in [0.1, 0.15) is 58.3 Å². The summed E-state index contributed by atoms with van der Waals surface area (Å²) < 4.78 is 12.0. The van der Waals surface area contributed by atoms with Crippen LogP contribution in [0.5, 0.6) is 0 Å². The number of esters is 2. The maximum absolute atomic E-state index is 12.8. The molecule has 0 saturated carbocycles. The molecule has 2 atom stereocenters. The number of hydrogen-bond donors (Lipinski definition) is 1. The van der Waals surface area contributed by atoms with E-state index in [1.807, 2.05) is 0 Å². The van der Waals surface area contributed by atoms with Gasteiger partial charge in [0.25, 0.3) is 5.91 Å². The third-order valence-electron chi connectivity index (χ3n) is 5.60. The lowest BCUT2D eigenvalue weighted by Gasteiger charge is -2.18. The molecule has 0 unspecified atom stereocenters. The Labute approximate surface area is 200 Å². The number of tetrazole rings is 1. The van der Waals surface area contributed by atoms with E-state index < -0.39 is 23.9 Å². The van der Waals surface area contributed by atoms with Crippen molar-refractivity contribution in [3.8, 4) is 5.69 Å². The summed E-state index contributed by atoms with van der Waals surface area (Å²) in [5.74, 6) is -1.10. The second-order valence-electron chi connectivity index (χ2n) is 8.11. The second-order valence-corrected chi connectivity index (χ2v) is 9.22. The van der Waals surface area contributed by atoms with E-state index in [1.165, 1.54) is 29.3 Å². The maximum atomic E-state index is 12.8. The highest BCUT2D eigenvalue weighted by Gasteiger charge is 2.30. The molecular formula is C23H25N5O5S. The molecule has 0 bridgehead atoms. The van der Waals surface area contributed by atoms with E-state index in [1.54, 1.807) is 31.2 Å². The Balaban J connectivity index is 1.45. The number of benzene rings is 1. The SMILES string of the molecule is CCOC(=O)c1c(NC(=O)[C@H](C)OC(=O)c2ccc(-n3cnnn3)cc2)sc2c1CC[C@H](C)C2. The normalized spacial score (nSPS) is 15.8. The smallest absolute Gasteiger partial charge is 0.341 e. The summed E-state index contributed by atoms with van der Waals surface area (Å²) >= 11 is 1.39. The third-order valence-corrected chi connectivity index (χ3v) is 6.77. The molecule has 1 aliphatic rings. The number of amides is 1. The summed E-state index contributed by atoms with van der Waals surface area (Å²) in [6.07, 6.45) is 2.96. The van der Waals surface area contributed by atoms with Crippen LogP contribution in [0.2, 0.25) is 0 Å². The van der Waals surface area contributed by atoms with Crippen LogP contribution < -0.4 is 5.32 Å². The number of carbonyl (C=O) groups is 3. The van der Waals surface area contributed by atoms with Gasteiger partial charge in [0, 0.05) is 4.88 Å². The number of thiophene rings is 1. The molecule has 178 valence electrons. The summed E-state index contributed by atoms with van der Waals surface area (Å²) in [6.45, 7) is 5.64. The molecule has 3 aromatic rings. The minimum Gasteiger partial charge on any atom is -0.462 e. The Morgan fingerprint density at radius 2 is 2.00 bits per heavy atom. The Hall–Kier alpha value is -3.60. The fourth-order valence-corrected chi connectivity index (χ4v) is 5.19. The van der Waals surface area contributed by atoms with Crippen molar-refractivity contribution in [1.82, 2.24) is 20.2 Å². The van der Waals surface area contributed by atoms with Crippen molar-refractivity contribution in [2.45, 2.75) is 46.1 Å². The lowest BCUT2D eigenvalue weighted by atomic mass is 9.88. The molecule has 2 heterocycles.